The largest absolute Gasteiger partial charge is 0.353 e. The van der Waals surface area contributed by atoms with E-state index in [2.05, 4.69) is 31.4 Å². The maximum absolute atomic E-state index is 12.2. The van der Waals surface area contributed by atoms with Gasteiger partial charge in [0, 0.05) is 18.5 Å². The second kappa shape index (κ2) is 4.52. The first-order valence-electron chi connectivity index (χ1n) is 7.28. The normalized spacial score (nSPS) is 38.7. The summed E-state index contributed by atoms with van der Waals surface area (Å²) < 4.78 is 0. The molecule has 3 nitrogen and oxygen atoms in total. The van der Waals surface area contributed by atoms with Gasteiger partial charge in [-0.15, -0.1) is 0 Å². The van der Waals surface area contributed by atoms with Crippen LogP contribution in [0.3, 0.4) is 0 Å². The van der Waals surface area contributed by atoms with Crippen LogP contribution in [-0.2, 0) is 4.79 Å². The van der Waals surface area contributed by atoms with Gasteiger partial charge in [0.05, 0.1) is 0 Å². The Balaban J connectivity index is 2.03. The smallest absolute Gasteiger partial charge is 0.224 e. The lowest BCUT2D eigenvalue weighted by Gasteiger charge is -2.39. The van der Waals surface area contributed by atoms with E-state index in [1.54, 1.807) is 0 Å². The second-order valence-electron chi connectivity index (χ2n) is 7.13. The van der Waals surface area contributed by atoms with Crippen molar-refractivity contribution in [3.63, 3.8) is 0 Å². The van der Waals surface area contributed by atoms with Gasteiger partial charge < -0.3 is 10.6 Å². The van der Waals surface area contributed by atoms with E-state index in [1.165, 1.54) is 19.3 Å². The third-order valence-corrected chi connectivity index (χ3v) is 6.07. The van der Waals surface area contributed by atoms with E-state index in [0.29, 0.717) is 11.5 Å². The molecule has 0 radical (unpaired) electrons. The van der Waals surface area contributed by atoms with Crippen LogP contribution in [0.25, 0.3) is 0 Å². The van der Waals surface area contributed by atoms with Crippen LogP contribution in [0.2, 0.25) is 0 Å². The van der Waals surface area contributed by atoms with Gasteiger partial charge in [0.25, 0.3) is 0 Å². The highest BCUT2D eigenvalue weighted by Crippen LogP contribution is 2.65. The average Bonchev–Trinajstić information content (AvgIpc) is 2.62. The molecule has 2 aliphatic carbocycles. The molecule has 0 saturated heterocycles. The lowest BCUT2D eigenvalue weighted by atomic mass is 9.69. The molecule has 0 aromatic rings. The molecule has 0 aliphatic heterocycles. The van der Waals surface area contributed by atoms with Crippen molar-refractivity contribution in [1.82, 2.24) is 10.6 Å². The van der Waals surface area contributed by atoms with Gasteiger partial charge in [0.2, 0.25) is 5.91 Å². The molecule has 4 atom stereocenters. The van der Waals surface area contributed by atoms with E-state index in [1.807, 2.05) is 14.0 Å². The fourth-order valence-electron chi connectivity index (χ4n) is 4.13. The summed E-state index contributed by atoms with van der Waals surface area (Å²) >= 11 is 0. The average molecular weight is 252 g/mol. The van der Waals surface area contributed by atoms with Crippen LogP contribution in [0.15, 0.2) is 0 Å². The molecular weight excluding hydrogens is 224 g/mol. The quantitative estimate of drug-likeness (QED) is 0.805. The number of carbonyl (C=O) groups excluding carboxylic acids is 1. The predicted octanol–water partition coefficient (Wildman–Crippen LogP) is 2.17. The highest BCUT2D eigenvalue weighted by atomic mass is 16.2. The summed E-state index contributed by atoms with van der Waals surface area (Å²) in [6.07, 6.45) is 3.76. The van der Waals surface area contributed by atoms with E-state index < -0.39 is 0 Å². The van der Waals surface area contributed by atoms with Crippen molar-refractivity contribution in [1.29, 1.82) is 0 Å². The number of nitrogens with one attached hydrogen (secondary N) is 2. The minimum Gasteiger partial charge on any atom is -0.353 e. The van der Waals surface area contributed by atoms with Crippen molar-refractivity contribution in [3.05, 3.63) is 0 Å². The second-order valence-corrected chi connectivity index (χ2v) is 7.13. The molecule has 2 rings (SSSR count). The number of carbonyl (C=O) groups is 1. The Morgan fingerprint density at radius 2 is 2.06 bits per heavy atom. The van der Waals surface area contributed by atoms with Crippen LogP contribution in [0, 0.1) is 22.7 Å². The molecule has 18 heavy (non-hydrogen) atoms. The van der Waals surface area contributed by atoms with E-state index >= 15 is 0 Å². The Morgan fingerprint density at radius 1 is 1.39 bits per heavy atom. The molecule has 3 heteroatoms. The van der Waals surface area contributed by atoms with E-state index in [4.69, 9.17) is 0 Å². The molecule has 2 fully saturated rings. The van der Waals surface area contributed by atoms with Crippen LogP contribution < -0.4 is 10.6 Å². The van der Waals surface area contributed by atoms with Gasteiger partial charge in [0.1, 0.15) is 0 Å². The standard InChI is InChI=1S/C15H28N2O/c1-10(9-16-5)13(18)17-12-8-11-6-7-15(12,4)14(11,2)3/h10-12,16H,6-9H2,1-5H3,(H,17,18). The monoisotopic (exact) mass is 252 g/mol. The third-order valence-electron chi connectivity index (χ3n) is 6.07. The lowest BCUT2D eigenvalue weighted by molar-refractivity contribution is -0.126. The summed E-state index contributed by atoms with van der Waals surface area (Å²) in [6.45, 7) is 9.88. The lowest BCUT2D eigenvalue weighted by Crippen LogP contribution is -2.49. The zero-order valence-corrected chi connectivity index (χ0v) is 12.5. The van der Waals surface area contributed by atoms with Crippen molar-refractivity contribution in [3.8, 4) is 0 Å². The fraction of sp³-hybridized carbons (Fsp3) is 0.933. The first kappa shape index (κ1) is 13.9. The van der Waals surface area contributed by atoms with Crippen LogP contribution >= 0.6 is 0 Å². The number of hydrogen-bond acceptors (Lipinski definition) is 2. The molecular formula is C15H28N2O. The fourth-order valence-corrected chi connectivity index (χ4v) is 4.13. The maximum Gasteiger partial charge on any atom is 0.224 e. The highest BCUT2D eigenvalue weighted by Gasteiger charge is 2.61. The molecule has 0 heterocycles. The van der Waals surface area contributed by atoms with Crippen molar-refractivity contribution < 1.29 is 4.79 Å². The highest BCUT2D eigenvalue weighted by molar-refractivity contribution is 5.79. The topological polar surface area (TPSA) is 41.1 Å². The number of rotatable bonds is 4. The minimum absolute atomic E-state index is 0.0563. The molecule has 4 unspecified atom stereocenters. The van der Waals surface area contributed by atoms with Crippen molar-refractivity contribution in [2.45, 2.75) is 53.0 Å². The minimum atomic E-state index is 0.0563. The van der Waals surface area contributed by atoms with Gasteiger partial charge >= 0.3 is 0 Å². The van der Waals surface area contributed by atoms with Gasteiger partial charge in [-0.25, -0.2) is 0 Å². The zero-order valence-electron chi connectivity index (χ0n) is 12.5. The summed E-state index contributed by atoms with van der Waals surface area (Å²) in [6, 6.07) is 0.373. The Kier molecular flexibility index (Phi) is 3.48. The number of amides is 1. The third kappa shape index (κ3) is 1.87. The first-order chi connectivity index (χ1) is 8.33. The Morgan fingerprint density at radius 3 is 2.50 bits per heavy atom. The van der Waals surface area contributed by atoms with Gasteiger partial charge in [-0.1, -0.05) is 27.7 Å². The van der Waals surface area contributed by atoms with Crippen molar-refractivity contribution in [2.24, 2.45) is 22.7 Å². The molecule has 2 aliphatic rings. The van der Waals surface area contributed by atoms with E-state index in [0.717, 1.165) is 12.5 Å². The van der Waals surface area contributed by atoms with Crippen LogP contribution in [0.1, 0.15) is 47.0 Å². The molecule has 0 spiro atoms. The van der Waals surface area contributed by atoms with Crippen LogP contribution in [0.4, 0.5) is 0 Å². The molecule has 0 aromatic heterocycles. The van der Waals surface area contributed by atoms with Gasteiger partial charge in [-0.05, 0) is 43.1 Å². The Bertz CT molecular complexity index is 339. The van der Waals surface area contributed by atoms with Crippen LogP contribution in [0.5, 0.6) is 0 Å². The summed E-state index contributed by atoms with van der Waals surface area (Å²) in [5, 5.41) is 6.38. The van der Waals surface area contributed by atoms with Gasteiger partial charge in [-0.2, -0.15) is 0 Å². The van der Waals surface area contributed by atoms with Crippen molar-refractivity contribution in [2.75, 3.05) is 13.6 Å². The Labute approximate surface area is 111 Å². The molecule has 0 aromatic carbocycles. The summed E-state index contributed by atoms with van der Waals surface area (Å²) in [5.41, 5.74) is 0.657. The van der Waals surface area contributed by atoms with E-state index in [-0.39, 0.29) is 17.2 Å². The van der Waals surface area contributed by atoms with Crippen LogP contribution in [-0.4, -0.2) is 25.5 Å². The van der Waals surface area contributed by atoms with E-state index in [9.17, 15) is 4.79 Å². The zero-order chi connectivity index (χ0) is 13.6. The van der Waals surface area contributed by atoms with Gasteiger partial charge in [-0.3, -0.25) is 4.79 Å². The Hall–Kier alpha value is -0.570. The first-order valence-corrected chi connectivity index (χ1v) is 7.28. The SMILES string of the molecule is CNCC(C)C(=O)NC1CC2CCC1(C)C2(C)C. The maximum atomic E-state index is 12.2. The molecule has 1 amide bonds. The summed E-state index contributed by atoms with van der Waals surface area (Å²) in [5.74, 6) is 1.05. The molecule has 104 valence electrons. The number of hydrogen-bond donors (Lipinski definition) is 2. The molecule has 2 saturated carbocycles. The van der Waals surface area contributed by atoms with Gasteiger partial charge in [0.15, 0.2) is 0 Å². The summed E-state index contributed by atoms with van der Waals surface area (Å²) in [4.78, 5) is 12.2. The molecule has 2 N–H and O–H groups in total. The predicted molar refractivity (Wildman–Crippen MR) is 74.3 cm³/mol. The number of fused-ring (bicyclic) bond motifs is 2. The van der Waals surface area contributed by atoms with Crippen molar-refractivity contribution >= 4 is 5.91 Å². The molecule has 2 bridgehead atoms. The summed E-state index contributed by atoms with van der Waals surface area (Å²) in [7, 11) is 1.89.